The van der Waals surface area contributed by atoms with Crippen LogP contribution < -0.4 is 10.2 Å². The van der Waals surface area contributed by atoms with E-state index in [2.05, 4.69) is 20.4 Å². The first-order valence-corrected chi connectivity index (χ1v) is 11.1. The number of hydrogen-bond acceptors (Lipinski definition) is 6. The molecule has 1 N–H and O–H groups in total. The fourth-order valence-electron chi connectivity index (χ4n) is 3.04. The van der Waals surface area contributed by atoms with Crippen molar-refractivity contribution in [2.24, 2.45) is 0 Å². The van der Waals surface area contributed by atoms with Gasteiger partial charge >= 0.3 is 0 Å². The average Bonchev–Trinajstić information content (AvgIpc) is 3.21. The van der Waals surface area contributed by atoms with Gasteiger partial charge in [-0.1, -0.05) is 59.2 Å². The van der Waals surface area contributed by atoms with Gasteiger partial charge in [0.25, 0.3) is 0 Å². The molecule has 1 aromatic heterocycles. The Morgan fingerprint density at radius 1 is 1.07 bits per heavy atom. The van der Waals surface area contributed by atoms with Gasteiger partial charge in [0.2, 0.25) is 11.9 Å². The highest BCUT2D eigenvalue weighted by molar-refractivity contribution is 7.99. The molecule has 0 saturated carbocycles. The molecule has 2 aromatic carbocycles. The van der Waals surface area contributed by atoms with Crippen LogP contribution in [0, 0.1) is 0 Å². The maximum atomic E-state index is 12.5. The first-order valence-electron chi connectivity index (χ1n) is 9.33. The molecule has 0 bridgehead atoms. The zero-order valence-corrected chi connectivity index (χ0v) is 18.3. The van der Waals surface area contributed by atoms with Gasteiger partial charge in [0.05, 0.1) is 40.4 Å². The Bertz CT molecular complexity index is 1030. The van der Waals surface area contributed by atoms with Gasteiger partial charge in [-0.25, -0.2) is 0 Å². The molecule has 1 aliphatic heterocycles. The van der Waals surface area contributed by atoms with E-state index in [-0.39, 0.29) is 11.7 Å². The summed E-state index contributed by atoms with van der Waals surface area (Å²) in [4.78, 5) is 14.6. The zero-order chi connectivity index (χ0) is 20.9. The van der Waals surface area contributed by atoms with E-state index in [1.165, 1.54) is 11.8 Å². The first-order chi connectivity index (χ1) is 14.6. The number of nitrogens with one attached hydrogen (secondary N) is 1. The Hall–Kier alpha value is -2.26. The highest BCUT2D eigenvalue weighted by atomic mass is 35.5. The predicted molar refractivity (Wildman–Crippen MR) is 120 cm³/mol. The largest absolute Gasteiger partial charge is 0.378 e. The number of carbonyl (C=O) groups is 1. The third-order valence-corrected chi connectivity index (χ3v) is 6.23. The van der Waals surface area contributed by atoms with E-state index in [0.29, 0.717) is 34.1 Å². The number of morpholine rings is 1. The van der Waals surface area contributed by atoms with Crippen molar-refractivity contribution < 1.29 is 9.53 Å². The Morgan fingerprint density at radius 3 is 2.60 bits per heavy atom. The number of hydrogen-bond donors (Lipinski definition) is 1. The number of rotatable bonds is 6. The van der Waals surface area contributed by atoms with E-state index in [9.17, 15) is 4.79 Å². The second kappa shape index (κ2) is 9.70. The summed E-state index contributed by atoms with van der Waals surface area (Å²) in [6.45, 7) is 2.77. The molecule has 10 heteroatoms. The van der Waals surface area contributed by atoms with Gasteiger partial charge in [-0.2, -0.15) is 0 Å². The number of nitrogens with zero attached hydrogens (tertiary/aromatic N) is 4. The van der Waals surface area contributed by atoms with Crippen molar-refractivity contribution in [3.63, 3.8) is 0 Å². The summed E-state index contributed by atoms with van der Waals surface area (Å²) in [6, 6.07) is 15.0. The topological polar surface area (TPSA) is 72.3 Å². The summed E-state index contributed by atoms with van der Waals surface area (Å²) in [6.07, 6.45) is 0. The fourth-order valence-corrected chi connectivity index (χ4v) is 4.14. The minimum absolute atomic E-state index is 0.150. The molecule has 2 heterocycles. The lowest BCUT2D eigenvalue weighted by Gasteiger charge is -2.27. The number of anilines is 2. The summed E-state index contributed by atoms with van der Waals surface area (Å²) in [7, 11) is 0. The van der Waals surface area contributed by atoms with Gasteiger partial charge in [-0.15, -0.1) is 10.2 Å². The van der Waals surface area contributed by atoms with Crippen molar-refractivity contribution in [2.75, 3.05) is 42.3 Å². The molecule has 0 atom stereocenters. The second-order valence-electron chi connectivity index (χ2n) is 6.49. The Morgan fingerprint density at radius 2 is 1.83 bits per heavy atom. The van der Waals surface area contributed by atoms with Crippen molar-refractivity contribution in [1.82, 2.24) is 14.8 Å². The molecule has 1 amide bonds. The molecule has 0 spiro atoms. The molecule has 7 nitrogen and oxygen atoms in total. The summed E-state index contributed by atoms with van der Waals surface area (Å²) in [5.74, 6) is 0.682. The molecular weight excluding hydrogens is 445 g/mol. The van der Waals surface area contributed by atoms with Crippen LogP contribution in [0.2, 0.25) is 10.0 Å². The number of halogens is 2. The number of ether oxygens (including phenoxy) is 1. The Labute approximate surface area is 188 Å². The van der Waals surface area contributed by atoms with Gasteiger partial charge in [0, 0.05) is 13.1 Å². The van der Waals surface area contributed by atoms with E-state index in [1.54, 1.807) is 18.2 Å². The standard InChI is InChI=1S/C20H19Cl2N5O2S/c21-15-7-4-8-16(18(15)22)23-17(28)13-30-20-25-24-19(26-9-11-29-12-10-26)27(20)14-5-2-1-3-6-14/h1-8H,9-13H2,(H,23,28). The van der Waals surface area contributed by atoms with Crippen LogP contribution in [0.3, 0.4) is 0 Å². The summed E-state index contributed by atoms with van der Waals surface area (Å²) < 4.78 is 7.42. The van der Waals surface area contributed by atoms with Gasteiger partial charge in [-0.3, -0.25) is 9.36 Å². The quantitative estimate of drug-likeness (QED) is 0.553. The number of thioether (sulfide) groups is 1. The Balaban J connectivity index is 1.53. The SMILES string of the molecule is O=C(CSc1nnc(N2CCOCC2)n1-c1ccccc1)Nc1cccc(Cl)c1Cl. The fraction of sp³-hybridized carbons (Fsp3) is 0.250. The molecule has 1 fully saturated rings. The van der Waals surface area contributed by atoms with Crippen molar-refractivity contribution in [2.45, 2.75) is 5.16 Å². The monoisotopic (exact) mass is 463 g/mol. The number of amides is 1. The molecule has 3 aromatic rings. The van der Waals surface area contributed by atoms with Gasteiger partial charge < -0.3 is 15.0 Å². The minimum atomic E-state index is -0.209. The maximum Gasteiger partial charge on any atom is 0.234 e. The van der Waals surface area contributed by atoms with Crippen LogP contribution in [0.15, 0.2) is 53.7 Å². The van der Waals surface area contributed by atoms with Crippen LogP contribution in [0.1, 0.15) is 0 Å². The van der Waals surface area contributed by atoms with Crippen LogP contribution in [-0.2, 0) is 9.53 Å². The average molecular weight is 464 g/mol. The van der Waals surface area contributed by atoms with E-state index in [0.717, 1.165) is 24.7 Å². The van der Waals surface area contributed by atoms with Gasteiger partial charge in [0.15, 0.2) is 5.16 Å². The van der Waals surface area contributed by atoms with Crippen LogP contribution in [0.4, 0.5) is 11.6 Å². The molecule has 1 saturated heterocycles. The molecule has 4 rings (SSSR count). The molecule has 156 valence electrons. The first kappa shape index (κ1) is 21.0. The lowest BCUT2D eigenvalue weighted by Crippen LogP contribution is -2.37. The lowest BCUT2D eigenvalue weighted by atomic mass is 10.3. The third-order valence-electron chi connectivity index (χ3n) is 4.48. The van der Waals surface area contributed by atoms with E-state index in [1.807, 2.05) is 34.9 Å². The number of carbonyl (C=O) groups excluding carboxylic acids is 1. The van der Waals surface area contributed by atoms with Gasteiger partial charge in [0.1, 0.15) is 0 Å². The summed E-state index contributed by atoms with van der Waals surface area (Å²) >= 11 is 13.5. The predicted octanol–water partition coefficient (Wildman–Crippen LogP) is 4.14. The Kier molecular flexibility index (Phi) is 6.79. The highest BCUT2D eigenvalue weighted by Gasteiger charge is 2.22. The van der Waals surface area contributed by atoms with Crippen molar-refractivity contribution in [3.05, 3.63) is 58.6 Å². The molecule has 1 aliphatic rings. The highest BCUT2D eigenvalue weighted by Crippen LogP contribution is 2.30. The summed E-state index contributed by atoms with van der Waals surface area (Å²) in [5, 5.41) is 12.9. The van der Waals surface area contributed by atoms with E-state index < -0.39 is 0 Å². The lowest BCUT2D eigenvalue weighted by molar-refractivity contribution is -0.113. The van der Waals surface area contributed by atoms with Crippen molar-refractivity contribution in [1.29, 1.82) is 0 Å². The zero-order valence-electron chi connectivity index (χ0n) is 15.9. The van der Waals surface area contributed by atoms with Crippen LogP contribution in [0.25, 0.3) is 5.69 Å². The van der Waals surface area contributed by atoms with Crippen LogP contribution in [-0.4, -0.2) is 52.7 Å². The van der Waals surface area contributed by atoms with Crippen LogP contribution in [0.5, 0.6) is 0 Å². The smallest absolute Gasteiger partial charge is 0.234 e. The normalized spacial score (nSPS) is 14.0. The molecular formula is C20H19Cl2N5O2S. The summed E-state index contributed by atoms with van der Waals surface area (Å²) in [5.41, 5.74) is 1.41. The van der Waals surface area contributed by atoms with Crippen molar-refractivity contribution in [3.8, 4) is 5.69 Å². The van der Waals surface area contributed by atoms with Crippen molar-refractivity contribution >= 4 is 52.5 Å². The van der Waals surface area contributed by atoms with Crippen LogP contribution >= 0.6 is 35.0 Å². The number of benzene rings is 2. The second-order valence-corrected chi connectivity index (χ2v) is 8.22. The maximum absolute atomic E-state index is 12.5. The molecule has 30 heavy (non-hydrogen) atoms. The molecule has 0 aliphatic carbocycles. The van der Waals surface area contributed by atoms with E-state index >= 15 is 0 Å². The number of para-hydroxylation sites is 1. The van der Waals surface area contributed by atoms with E-state index in [4.69, 9.17) is 27.9 Å². The van der Waals surface area contributed by atoms with Gasteiger partial charge in [-0.05, 0) is 24.3 Å². The third kappa shape index (κ3) is 4.73. The molecule has 0 unspecified atom stereocenters. The molecule has 0 radical (unpaired) electrons. The number of aromatic nitrogens is 3. The minimum Gasteiger partial charge on any atom is -0.378 e.